The van der Waals surface area contributed by atoms with Gasteiger partial charge in [-0.1, -0.05) is 6.07 Å². The summed E-state index contributed by atoms with van der Waals surface area (Å²) < 4.78 is 14.6. The van der Waals surface area contributed by atoms with Crippen LogP contribution in [0.2, 0.25) is 0 Å². The van der Waals surface area contributed by atoms with E-state index in [4.69, 9.17) is 5.73 Å². The Hall–Kier alpha value is -1.84. The number of aromatic nitrogens is 2. The van der Waals surface area contributed by atoms with Gasteiger partial charge in [-0.2, -0.15) is 0 Å². The number of hydrogen-bond acceptors (Lipinski definition) is 2. The smallest absolute Gasteiger partial charge is 0.204 e. The van der Waals surface area contributed by atoms with E-state index < -0.39 is 0 Å². The number of benzene rings is 1. The number of nitrogens with zero attached hydrogens (tertiary/aromatic N) is 2. The Morgan fingerprint density at radius 3 is 2.86 bits per heavy atom. The van der Waals surface area contributed by atoms with Gasteiger partial charge in [0.1, 0.15) is 5.82 Å². The molecular formula is C10H10FN3. The first kappa shape index (κ1) is 8.74. The zero-order valence-corrected chi connectivity index (χ0v) is 7.74. The zero-order chi connectivity index (χ0) is 10.1. The van der Waals surface area contributed by atoms with Crippen molar-refractivity contribution < 1.29 is 4.39 Å². The predicted octanol–water partition coefficient (Wildman–Crippen LogP) is 1.90. The topological polar surface area (TPSA) is 43.8 Å². The van der Waals surface area contributed by atoms with Gasteiger partial charge in [-0.25, -0.2) is 9.37 Å². The molecule has 3 nitrogen and oxygen atoms in total. The Kier molecular flexibility index (Phi) is 1.96. The van der Waals surface area contributed by atoms with E-state index >= 15 is 0 Å². The Balaban J connectivity index is 2.62. The second-order valence-electron chi connectivity index (χ2n) is 3.09. The number of rotatable bonds is 1. The first-order valence-electron chi connectivity index (χ1n) is 4.24. The number of aryl methyl sites for hydroxylation is 1. The van der Waals surface area contributed by atoms with Crippen molar-refractivity contribution in [3.05, 3.63) is 42.0 Å². The van der Waals surface area contributed by atoms with Crippen molar-refractivity contribution >= 4 is 5.95 Å². The lowest BCUT2D eigenvalue weighted by molar-refractivity contribution is 0.626. The van der Waals surface area contributed by atoms with Crippen molar-refractivity contribution in [2.75, 3.05) is 5.73 Å². The second kappa shape index (κ2) is 3.14. The van der Waals surface area contributed by atoms with Crippen LogP contribution in [-0.2, 0) is 0 Å². The summed E-state index contributed by atoms with van der Waals surface area (Å²) in [5.74, 6) is 0.0809. The van der Waals surface area contributed by atoms with Crippen molar-refractivity contribution in [1.29, 1.82) is 0 Å². The molecular weight excluding hydrogens is 181 g/mol. The van der Waals surface area contributed by atoms with Crippen LogP contribution in [0.15, 0.2) is 30.6 Å². The monoisotopic (exact) mass is 191 g/mol. The maximum absolute atomic E-state index is 13.0. The summed E-state index contributed by atoms with van der Waals surface area (Å²) in [6.45, 7) is 1.90. The normalized spacial score (nSPS) is 10.4. The molecule has 0 fully saturated rings. The summed E-state index contributed by atoms with van der Waals surface area (Å²) in [6.07, 6.45) is 3.29. The number of hydrogen-bond donors (Lipinski definition) is 1. The molecule has 1 aromatic heterocycles. The molecule has 4 heteroatoms. The molecule has 0 saturated carbocycles. The second-order valence-corrected chi connectivity index (χ2v) is 3.09. The van der Waals surface area contributed by atoms with Crippen molar-refractivity contribution in [1.82, 2.24) is 9.55 Å². The molecule has 0 aliphatic heterocycles. The number of nitrogen functional groups attached to an aromatic ring is 1. The van der Waals surface area contributed by atoms with E-state index in [0.29, 0.717) is 5.95 Å². The summed E-state index contributed by atoms with van der Waals surface area (Å²) in [7, 11) is 0. The van der Waals surface area contributed by atoms with E-state index in [1.165, 1.54) is 12.1 Å². The Bertz CT molecular complexity index is 462. The summed E-state index contributed by atoms with van der Waals surface area (Å²) in [6, 6.07) is 4.57. The van der Waals surface area contributed by atoms with Gasteiger partial charge in [0.15, 0.2) is 0 Å². The van der Waals surface area contributed by atoms with Crippen LogP contribution < -0.4 is 5.73 Å². The molecule has 2 N–H and O–H groups in total. The van der Waals surface area contributed by atoms with Gasteiger partial charge in [0.2, 0.25) is 5.95 Å². The molecule has 0 radical (unpaired) electrons. The van der Waals surface area contributed by atoms with Gasteiger partial charge >= 0.3 is 0 Å². The lowest BCUT2D eigenvalue weighted by Gasteiger charge is -2.07. The molecule has 0 saturated heterocycles. The summed E-state index contributed by atoms with van der Waals surface area (Å²) >= 11 is 0. The van der Waals surface area contributed by atoms with Gasteiger partial charge in [-0.05, 0) is 24.6 Å². The molecule has 0 bridgehead atoms. The number of imidazole rings is 1. The Morgan fingerprint density at radius 1 is 1.43 bits per heavy atom. The van der Waals surface area contributed by atoms with E-state index in [-0.39, 0.29) is 5.82 Å². The standard InChI is InChI=1S/C10H10FN3/c1-7-2-3-8(11)6-9(7)14-5-4-13-10(14)12/h2-6H,1H3,(H2,12,13). The molecule has 0 spiro atoms. The number of nitrogens with two attached hydrogens (primary N) is 1. The third-order valence-corrected chi connectivity index (χ3v) is 2.10. The molecule has 2 rings (SSSR count). The van der Waals surface area contributed by atoms with Crippen LogP contribution in [0.5, 0.6) is 0 Å². The van der Waals surface area contributed by atoms with E-state index in [2.05, 4.69) is 4.98 Å². The Morgan fingerprint density at radius 2 is 2.21 bits per heavy atom. The summed E-state index contributed by atoms with van der Waals surface area (Å²) in [4.78, 5) is 3.88. The molecule has 1 heterocycles. The lowest BCUT2D eigenvalue weighted by atomic mass is 10.2. The fourth-order valence-electron chi connectivity index (χ4n) is 1.36. The molecule has 0 unspecified atom stereocenters. The average Bonchev–Trinajstić information content (AvgIpc) is 2.56. The quantitative estimate of drug-likeness (QED) is 0.748. The minimum atomic E-state index is -0.279. The third-order valence-electron chi connectivity index (χ3n) is 2.10. The molecule has 0 aliphatic carbocycles. The van der Waals surface area contributed by atoms with Crippen molar-refractivity contribution in [2.45, 2.75) is 6.92 Å². The van der Waals surface area contributed by atoms with Crippen LogP contribution in [-0.4, -0.2) is 9.55 Å². The molecule has 1 aromatic carbocycles. The molecule has 14 heavy (non-hydrogen) atoms. The van der Waals surface area contributed by atoms with Gasteiger partial charge in [0.05, 0.1) is 5.69 Å². The fourth-order valence-corrected chi connectivity index (χ4v) is 1.36. The maximum atomic E-state index is 13.0. The molecule has 72 valence electrons. The SMILES string of the molecule is Cc1ccc(F)cc1-n1ccnc1N. The van der Waals surface area contributed by atoms with Crippen molar-refractivity contribution in [3.8, 4) is 5.69 Å². The van der Waals surface area contributed by atoms with Gasteiger partial charge < -0.3 is 5.73 Å². The lowest BCUT2D eigenvalue weighted by Crippen LogP contribution is -2.01. The zero-order valence-electron chi connectivity index (χ0n) is 7.74. The molecule has 0 amide bonds. The highest BCUT2D eigenvalue weighted by atomic mass is 19.1. The summed E-state index contributed by atoms with van der Waals surface area (Å²) in [5, 5.41) is 0. The van der Waals surface area contributed by atoms with Crippen molar-refractivity contribution in [3.63, 3.8) is 0 Å². The minimum absolute atomic E-state index is 0.279. The van der Waals surface area contributed by atoms with Crippen LogP contribution in [0.1, 0.15) is 5.56 Å². The van der Waals surface area contributed by atoms with Crippen molar-refractivity contribution in [2.24, 2.45) is 0 Å². The highest BCUT2D eigenvalue weighted by Crippen LogP contribution is 2.17. The number of anilines is 1. The highest BCUT2D eigenvalue weighted by molar-refractivity contribution is 5.45. The summed E-state index contributed by atoms with van der Waals surface area (Å²) in [5.41, 5.74) is 7.30. The van der Waals surface area contributed by atoms with Crippen LogP contribution >= 0.6 is 0 Å². The Labute approximate surface area is 81.0 Å². The van der Waals surface area contributed by atoms with E-state index in [1.807, 2.05) is 6.92 Å². The van der Waals surface area contributed by atoms with Gasteiger partial charge in [0.25, 0.3) is 0 Å². The maximum Gasteiger partial charge on any atom is 0.204 e. The van der Waals surface area contributed by atoms with E-state index in [0.717, 1.165) is 11.3 Å². The van der Waals surface area contributed by atoms with E-state index in [9.17, 15) is 4.39 Å². The minimum Gasteiger partial charge on any atom is -0.369 e. The molecule has 2 aromatic rings. The average molecular weight is 191 g/mol. The first-order chi connectivity index (χ1) is 6.68. The van der Waals surface area contributed by atoms with Gasteiger partial charge in [0, 0.05) is 12.4 Å². The molecule has 0 atom stereocenters. The van der Waals surface area contributed by atoms with Gasteiger partial charge in [-0.15, -0.1) is 0 Å². The highest BCUT2D eigenvalue weighted by Gasteiger charge is 2.05. The van der Waals surface area contributed by atoms with Crippen LogP contribution in [0.25, 0.3) is 5.69 Å². The van der Waals surface area contributed by atoms with Crippen LogP contribution in [0, 0.1) is 12.7 Å². The van der Waals surface area contributed by atoms with Crippen LogP contribution in [0.3, 0.4) is 0 Å². The predicted molar refractivity (Wildman–Crippen MR) is 52.7 cm³/mol. The third kappa shape index (κ3) is 1.35. The number of halogens is 1. The largest absolute Gasteiger partial charge is 0.369 e. The van der Waals surface area contributed by atoms with E-state index in [1.54, 1.807) is 23.0 Å². The fraction of sp³-hybridized carbons (Fsp3) is 0.100. The van der Waals surface area contributed by atoms with Crippen LogP contribution in [0.4, 0.5) is 10.3 Å². The van der Waals surface area contributed by atoms with Gasteiger partial charge in [-0.3, -0.25) is 4.57 Å². The molecule has 0 aliphatic rings. The first-order valence-corrected chi connectivity index (χ1v) is 4.24.